The number of aliphatic hydroxyl groups excluding tert-OH is 1. The van der Waals surface area contributed by atoms with E-state index < -0.39 is 79.0 Å². The number of nitrogens with one attached hydrogen (secondary N) is 8. The number of rotatable bonds is 30. The van der Waals surface area contributed by atoms with E-state index in [1.807, 2.05) is 74.6 Å². The highest BCUT2D eigenvalue weighted by Crippen LogP contribution is 2.57. The number of carbonyl (C=O) groups excluding carboxylic acids is 9. The molecule has 6 aliphatic rings. The molecular weight excluding hydrogens is 1420 g/mol. The molecule has 29 nitrogen and oxygen atoms in total. The van der Waals surface area contributed by atoms with Crippen molar-refractivity contribution in [2.45, 2.75) is 142 Å². The molecule has 0 radical (unpaired) electrons. The summed E-state index contributed by atoms with van der Waals surface area (Å²) in [5.74, 6) is -2.42. The van der Waals surface area contributed by atoms with Crippen molar-refractivity contribution in [2.24, 2.45) is 16.4 Å². The van der Waals surface area contributed by atoms with Gasteiger partial charge in [0.05, 0.1) is 100 Å². The fraction of sp³-hybridized carbons (Fsp3) is 0.402. The molecule has 2 fully saturated rings. The Hall–Kier alpha value is -12.0. The van der Waals surface area contributed by atoms with Gasteiger partial charge in [0.2, 0.25) is 35.4 Å². The topological polar surface area (TPSA) is 363 Å². The van der Waals surface area contributed by atoms with Crippen molar-refractivity contribution in [3.05, 3.63) is 166 Å². The molecule has 1 unspecified atom stereocenters. The predicted octanol–water partition coefficient (Wildman–Crippen LogP) is 9.49. The molecule has 5 heterocycles. The van der Waals surface area contributed by atoms with Crippen LogP contribution in [0, 0.1) is 16.9 Å². The summed E-state index contributed by atoms with van der Waals surface area (Å²) in [5, 5.41) is 35.9. The number of hydrogen-bond acceptors (Lipinski definition) is 20. The Morgan fingerprint density at radius 1 is 0.685 bits per heavy atom. The first-order chi connectivity index (χ1) is 53.5. The number of hydrogen-bond donors (Lipinski definition) is 9. The maximum atomic E-state index is 14.5. The maximum Gasteiger partial charge on any atom is 0.416 e. The van der Waals surface area contributed by atoms with Crippen molar-refractivity contribution in [1.82, 2.24) is 36.4 Å². The Morgan fingerprint density at radius 2 is 1.35 bits per heavy atom. The zero-order chi connectivity index (χ0) is 78.8. The minimum Gasteiger partial charge on any atom is -0.497 e. The summed E-state index contributed by atoms with van der Waals surface area (Å²) in [5.41, 5.74) is 16.0. The van der Waals surface area contributed by atoms with Crippen LogP contribution in [0.1, 0.15) is 141 Å². The summed E-state index contributed by atoms with van der Waals surface area (Å²) in [7, 11) is 4.62. The summed E-state index contributed by atoms with van der Waals surface area (Å²) >= 11 is 0. The number of para-hydroxylation sites is 1. The number of fused-ring (bicyclic) bond motifs is 6. The van der Waals surface area contributed by atoms with E-state index in [1.165, 1.54) is 33.3 Å². The Morgan fingerprint density at radius 3 is 2.03 bits per heavy atom. The number of ether oxygens (including phenoxy) is 6. The van der Waals surface area contributed by atoms with Crippen LogP contribution < -0.4 is 70.7 Å². The van der Waals surface area contributed by atoms with Crippen molar-refractivity contribution >= 4 is 93.1 Å². The minimum atomic E-state index is -1.48. The summed E-state index contributed by atoms with van der Waals surface area (Å²) in [4.78, 5) is 129. The van der Waals surface area contributed by atoms with Gasteiger partial charge in [-0.05, 0) is 142 Å². The zero-order valence-electron chi connectivity index (χ0n) is 63.5. The van der Waals surface area contributed by atoms with E-state index in [9.17, 15) is 48.3 Å². The van der Waals surface area contributed by atoms with Gasteiger partial charge in [0.25, 0.3) is 11.8 Å². The molecule has 9 amide bonds. The van der Waals surface area contributed by atoms with Crippen LogP contribution in [0.15, 0.2) is 133 Å². The fourth-order valence-corrected chi connectivity index (χ4v) is 14.6. The van der Waals surface area contributed by atoms with E-state index in [1.54, 1.807) is 90.3 Å². The molecule has 6 aromatic carbocycles. The number of methoxy groups -OCH3 is 3. The zero-order valence-corrected chi connectivity index (χ0v) is 63.5. The molecule has 5 atom stereocenters. The van der Waals surface area contributed by atoms with Gasteiger partial charge in [0, 0.05) is 67.1 Å². The van der Waals surface area contributed by atoms with Gasteiger partial charge in [0.15, 0.2) is 29.2 Å². The SMILES string of the molecule is COc1ccc(C2=CN3C(=O)c4cc(OC)c(OCCCCCOc5cc6c(cc5OC)C(=O)N5CC7(CC7)C[C@H]5[C@H](O)N6C(=O)OCc5ccc(NC(=O)[C@H](C)NC(=O)[C@@H](NC(=O)CNC(=O)CNC(=O)CCC(=O)N6Cc7ccccc7/C(NC(C)C)=C(/N=N)c7ccccc76)C(C)C)cc5)cc4NCC3C2)cc1. The molecule has 1 aliphatic carbocycles. The Bertz CT molecular complexity index is 4620. The first kappa shape index (κ1) is 78.6. The summed E-state index contributed by atoms with van der Waals surface area (Å²) in [6.07, 6.45) is 3.93. The number of benzene rings is 6. The molecular formula is C82H95N13O16. The molecule has 1 saturated heterocycles. The van der Waals surface area contributed by atoms with Crippen LogP contribution in [0.5, 0.6) is 28.7 Å². The number of nitrogens with zero attached hydrogens (tertiary/aromatic N) is 5. The number of carbonyl (C=O) groups is 9. The molecule has 0 bridgehead atoms. The first-order valence-corrected chi connectivity index (χ1v) is 37.4. The fourth-order valence-electron chi connectivity index (χ4n) is 14.6. The van der Waals surface area contributed by atoms with Crippen molar-refractivity contribution in [3.8, 4) is 28.7 Å². The number of anilines is 4. The van der Waals surface area contributed by atoms with E-state index in [0.717, 1.165) is 45.8 Å². The Kier molecular flexibility index (Phi) is 24.6. The van der Waals surface area contributed by atoms with Gasteiger partial charge in [-0.15, -0.1) is 0 Å². The molecule has 29 heteroatoms. The molecule has 584 valence electrons. The van der Waals surface area contributed by atoms with Gasteiger partial charge in [-0.25, -0.2) is 15.2 Å². The van der Waals surface area contributed by atoms with Gasteiger partial charge in [-0.3, -0.25) is 38.4 Å². The molecule has 9 N–H and O–H groups in total. The molecule has 5 aliphatic heterocycles. The van der Waals surface area contributed by atoms with Gasteiger partial charge in [0.1, 0.15) is 30.1 Å². The van der Waals surface area contributed by atoms with Gasteiger partial charge in [-0.2, -0.15) is 5.11 Å². The van der Waals surface area contributed by atoms with Crippen LogP contribution in [0.2, 0.25) is 0 Å². The summed E-state index contributed by atoms with van der Waals surface area (Å²) in [6, 6.07) is 32.4. The van der Waals surface area contributed by atoms with Crippen LogP contribution in [-0.2, 0) is 46.7 Å². The standard InChI is InChI=1S/C82H95N13O16/c1-47(2)73(90-71(98)42-86-70(97)41-85-69(96)28-29-72(99)93-43-52-16-10-11-17-57(52)74(87-48(3)4)75(91-83)58-18-12-13-19-62(58)93)77(101)88-49(5)76(100)89-54-24-20-50(21-25-54)45-111-81(105)95-63-38-68(66(108-8)36-60(63)79(103)94-46-82(30-31-82)39-64(94)80(95)104)110-33-15-9-14-32-109-67-37-61-59(35-65(67)107-7)78(102)92-44-53(34-55(92)40-84-61)51-22-26-56(106-6)27-23-51/h10-13,16-27,35-38,44,47-49,55,64,73,80,83-84,87,104H,9,14-15,28-34,39-43,45-46H2,1-8H3,(H,85,96)(H,86,97)(H,88,101)(H,89,100)(H,90,98)/b75-74-,91-83?/t49-,55?,64-,73-,80-/m0/s1. The van der Waals surface area contributed by atoms with Crippen LogP contribution in [-0.4, -0.2) is 165 Å². The normalized spacial score (nSPS) is 18.2. The van der Waals surface area contributed by atoms with Crippen LogP contribution in [0.25, 0.3) is 17.0 Å². The largest absolute Gasteiger partial charge is 0.497 e. The van der Waals surface area contributed by atoms with Crippen molar-refractivity contribution < 1.29 is 76.7 Å². The second-order valence-corrected chi connectivity index (χ2v) is 29.3. The third kappa shape index (κ3) is 18.0. The lowest BCUT2D eigenvalue weighted by molar-refractivity contribution is -0.132. The van der Waals surface area contributed by atoms with Crippen molar-refractivity contribution in [2.75, 3.05) is 81.2 Å². The smallest absolute Gasteiger partial charge is 0.416 e. The second kappa shape index (κ2) is 34.7. The lowest BCUT2D eigenvalue weighted by Gasteiger charge is -2.31. The maximum absolute atomic E-state index is 14.5. The molecule has 12 rings (SSSR count). The minimum absolute atomic E-state index is 0.0152. The third-order valence-electron chi connectivity index (χ3n) is 20.8. The van der Waals surface area contributed by atoms with E-state index in [4.69, 9.17) is 34.0 Å². The third-order valence-corrected chi connectivity index (χ3v) is 20.8. The molecule has 111 heavy (non-hydrogen) atoms. The number of aliphatic hydroxyl groups is 1. The van der Waals surface area contributed by atoms with E-state index in [2.05, 4.69) is 42.3 Å². The average Bonchev–Trinajstić information content (AvgIpc) is 1.56. The highest BCUT2D eigenvalue weighted by Gasteiger charge is 2.58. The summed E-state index contributed by atoms with van der Waals surface area (Å²) in [6.45, 7) is 9.21. The van der Waals surface area contributed by atoms with E-state index in [-0.39, 0.29) is 90.6 Å². The Labute approximate surface area is 643 Å². The van der Waals surface area contributed by atoms with Gasteiger partial charge < -0.3 is 85.4 Å². The van der Waals surface area contributed by atoms with E-state index in [0.29, 0.717) is 108 Å². The quantitative estimate of drug-likeness (QED) is 0.0150. The average molecular weight is 1520 g/mol. The summed E-state index contributed by atoms with van der Waals surface area (Å²) < 4.78 is 35.3. The molecule has 1 spiro atoms. The first-order valence-electron chi connectivity index (χ1n) is 37.4. The molecule has 0 aromatic heterocycles. The lowest BCUT2D eigenvalue weighted by Crippen LogP contribution is -2.55. The van der Waals surface area contributed by atoms with Crippen LogP contribution in [0.3, 0.4) is 0 Å². The monoisotopic (exact) mass is 1520 g/mol. The van der Waals surface area contributed by atoms with Crippen LogP contribution in [0.4, 0.5) is 27.5 Å². The second-order valence-electron chi connectivity index (χ2n) is 29.3. The lowest BCUT2D eigenvalue weighted by atomic mass is 9.95. The van der Waals surface area contributed by atoms with Gasteiger partial charge >= 0.3 is 6.09 Å². The van der Waals surface area contributed by atoms with E-state index >= 15 is 0 Å². The molecule has 6 aromatic rings. The highest BCUT2D eigenvalue weighted by molar-refractivity contribution is 6.07. The Balaban J connectivity index is 0.590. The number of amides is 9. The van der Waals surface area contributed by atoms with Crippen LogP contribution >= 0.6 is 0 Å². The molecule has 1 saturated carbocycles. The number of unbranched alkanes of at least 4 members (excludes halogenated alkanes) is 2. The highest BCUT2D eigenvalue weighted by atomic mass is 16.6. The predicted molar refractivity (Wildman–Crippen MR) is 414 cm³/mol. The van der Waals surface area contributed by atoms with Crippen molar-refractivity contribution in [1.29, 1.82) is 5.53 Å². The van der Waals surface area contributed by atoms with Gasteiger partial charge in [-0.1, -0.05) is 80.6 Å². The van der Waals surface area contributed by atoms with Crippen molar-refractivity contribution in [3.63, 3.8) is 0 Å².